The Morgan fingerprint density at radius 3 is 2.84 bits per heavy atom. The van der Waals surface area contributed by atoms with Gasteiger partial charge in [0.15, 0.2) is 0 Å². The van der Waals surface area contributed by atoms with Crippen molar-refractivity contribution >= 4 is 55.5 Å². The maximum Gasteiger partial charge on any atom is 0.141 e. The molecule has 0 atom stereocenters. The van der Waals surface area contributed by atoms with E-state index in [1.807, 2.05) is 12.1 Å². The minimum Gasteiger partial charge on any atom is -0.394 e. The highest BCUT2D eigenvalue weighted by molar-refractivity contribution is 9.10. The molecule has 0 amide bonds. The van der Waals surface area contributed by atoms with E-state index in [1.54, 1.807) is 16.9 Å². The number of anilines is 3. The number of aliphatic hydroxyl groups excluding tert-OH is 1. The lowest BCUT2D eigenvalue weighted by atomic mass is 10.1. The molecule has 0 aliphatic heterocycles. The van der Waals surface area contributed by atoms with Gasteiger partial charge in [-0.2, -0.15) is 5.26 Å². The lowest BCUT2D eigenvalue weighted by Crippen LogP contribution is -2.03. The van der Waals surface area contributed by atoms with Gasteiger partial charge >= 0.3 is 0 Å². The van der Waals surface area contributed by atoms with E-state index in [2.05, 4.69) is 47.9 Å². The Labute approximate surface area is 195 Å². The van der Waals surface area contributed by atoms with Gasteiger partial charge in [-0.15, -0.1) is 5.10 Å². The summed E-state index contributed by atoms with van der Waals surface area (Å²) < 4.78 is 15.8. The van der Waals surface area contributed by atoms with Crippen LogP contribution < -0.4 is 10.6 Å². The average molecular weight is 517 g/mol. The largest absolute Gasteiger partial charge is 0.394 e. The second kappa shape index (κ2) is 9.48. The average Bonchev–Trinajstić information content (AvgIpc) is 3.23. The number of pyridine rings is 1. The zero-order valence-electron chi connectivity index (χ0n) is 16.5. The highest BCUT2D eigenvalue weighted by atomic mass is 79.9. The summed E-state index contributed by atoms with van der Waals surface area (Å²) in [6.07, 6.45) is 3.23. The fourth-order valence-electron chi connectivity index (χ4n) is 3.12. The standard InChI is InChI=1S/C21H16BrClFN7O/c22-17-6-14(26-10-15-11-31(3-4-32)30-29-15)5-16-20(12(8-25)9-27-21(16)17)28-13-1-2-19(24)18(23)7-13/h1-2,5-7,9,11,26,32H,3-4,10H2,(H,27,28). The van der Waals surface area contributed by atoms with Crippen LogP contribution in [0, 0.1) is 17.1 Å². The Morgan fingerprint density at radius 1 is 1.25 bits per heavy atom. The van der Waals surface area contributed by atoms with Crippen LogP contribution in [0.5, 0.6) is 0 Å². The normalized spacial score (nSPS) is 10.8. The lowest BCUT2D eigenvalue weighted by Gasteiger charge is -2.14. The number of hydrogen-bond donors (Lipinski definition) is 3. The minimum absolute atomic E-state index is 0.0167. The van der Waals surface area contributed by atoms with Crippen LogP contribution in [0.25, 0.3) is 10.9 Å². The van der Waals surface area contributed by atoms with Crippen molar-refractivity contribution < 1.29 is 9.50 Å². The van der Waals surface area contributed by atoms with Gasteiger partial charge in [-0.1, -0.05) is 16.8 Å². The maximum absolute atomic E-state index is 13.6. The molecule has 0 spiro atoms. The summed E-state index contributed by atoms with van der Waals surface area (Å²) in [4.78, 5) is 4.40. The van der Waals surface area contributed by atoms with Gasteiger partial charge in [-0.3, -0.25) is 4.98 Å². The minimum atomic E-state index is -0.525. The third-order valence-electron chi connectivity index (χ3n) is 4.62. The van der Waals surface area contributed by atoms with Crippen molar-refractivity contribution in [1.82, 2.24) is 20.0 Å². The molecule has 11 heteroatoms. The number of nitrogens with one attached hydrogen (secondary N) is 2. The van der Waals surface area contributed by atoms with E-state index in [-0.39, 0.29) is 11.6 Å². The first-order chi connectivity index (χ1) is 15.5. The van der Waals surface area contributed by atoms with Crippen molar-refractivity contribution in [1.29, 1.82) is 5.26 Å². The van der Waals surface area contributed by atoms with Crippen molar-refractivity contribution in [2.75, 3.05) is 17.2 Å². The fraction of sp³-hybridized carbons (Fsp3) is 0.143. The molecule has 0 unspecified atom stereocenters. The monoisotopic (exact) mass is 515 g/mol. The first-order valence-electron chi connectivity index (χ1n) is 9.46. The van der Waals surface area contributed by atoms with Crippen LogP contribution in [0.2, 0.25) is 5.02 Å². The third-order valence-corrected chi connectivity index (χ3v) is 5.52. The molecule has 3 N–H and O–H groups in total. The zero-order chi connectivity index (χ0) is 22.7. The number of aromatic nitrogens is 4. The molecular weight excluding hydrogens is 501 g/mol. The zero-order valence-corrected chi connectivity index (χ0v) is 18.8. The van der Waals surface area contributed by atoms with Crippen molar-refractivity contribution in [3.63, 3.8) is 0 Å². The molecular formula is C21H16BrClFN7O. The van der Waals surface area contributed by atoms with Gasteiger partial charge in [0.2, 0.25) is 0 Å². The van der Waals surface area contributed by atoms with Gasteiger partial charge < -0.3 is 15.7 Å². The molecule has 0 radical (unpaired) electrons. The van der Waals surface area contributed by atoms with E-state index in [4.69, 9.17) is 16.7 Å². The first-order valence-corrected chi connectivity index (χ1v) is 10.6. The van der Waals surface area contributed by atoms with Gasteiger partial charge in [0.25, 0.3) is 0 Å². The SMILES string of the molecule is N#Cc1cnc2c(Br)cc(NCc3cn(CCO)nn3)cc2c1Nc1ccc(F)c(Cl)c1. The molecule has 0 aliphatic carbocycles. The number of rotatable bonds is 7. The van der Waals surface area contributed by atoms with Gasteiger partial charge in [-0.25, -0.2) is 9.07 Å². The van der Waals surface area contributed by atoms with Crippen LogP contribution in [0.4, 0.5) is 21.5 Å². The Morgan fingerprint density at radius 2 is 2.09 bits per heavy atom. The number of nitrogens with zero attached hydrogens (tertiary/aromatic N) is 5. The molecule has 32 heavy (non-hydrogen) atoms. The van der Waals surface area contributed by atoms with Gasteiger partial charge in [-0.05, 0) is 46.3 Å². The van der Waals surface area contributed by atoms with Crippen LogP contribution in [0.15, 0.2) is 47.2 Å². The van der Waals surface area contributed by atoms with Crippen molar-refractivity contribution in [2.24, 2.45) is 0 Å². The van der Waals surface area contributed by atoms with E-state index in [0.29, 0.717) is 46.6 Å². The van der Waals surface area contributed by atoms with E-state index in [9.17, 15) is 9.65 Å². The Hall–Kier alpha value is -3.26. The predicted molar refractivity (Wildman–Crippen MR) is 123 cm³/mol. The van der Waals surface area contributed by atoms with E-state index >= 15 is 0 Å². The van der Waals surface area contributed by atoms with Gasteiger partial charge in [0.05, 0.1) is 47.7 Å². The number of nitriles is 1. The molecule has 0 saturated carbocycles. The molecule has 0 aliphatic rings. The quantitative estimate of drug-likeness (QED) is 0.329. The van der Waals surface area contributed by atoms with Gasteiger partial charge in [0.1, 0.15) is 17.6 Å². The Balaban J connectivity index is 1.69. The van der Waals surface area contributed by atoms with Crippen LogP contribution in [-0.2, 0) is 13.1 Å². The number of halogens is 3. The number of benzene rings is 2. The summed E-state index contributed by atoms with van der Waals surface area (Å²) in [5, 5.41) is 33.7. The third kappa shape index (κ3) is 4.65. The number of hydrogen-bond acceptors (Lipinski definition) is 7. The summed E-state index contributed by atoms with van der Waals surface area (Å²) in [5.74, 6) is -0.525. The Kier molecular flexibility index (Phi) is 6.50. The molecule has 2 aromatic carbocycles. The van der Waals surface area contributed by atoms with Crippen LogP contribution in [-0.4, -0.2) is 31.7 Å². The van der Waals surface area contributed by atoms with Crippen molar-refractivity contribution in [3.05, 3.63) is 69.3 Å². The van der Waals surface area contributed by atoms with E-state index < -0.39 is 5.82 Å². The summed E-state index contributed by atoms with van der Waals surface area (Å²) >= 11 is 9.45. The van der Waals surface area contributed by atoms with E-state index in [0.717, 1.165) is 10.2 Å². The second-order valence-corrected chi connectivity index (χ2v) is 8.08. The van der Waals surface area contributed by atoms with Gasteiger partial charge in [0, 0.05) is 27.4 Å². The molecule has 0 saturated heterocycles. The molecule has 2 heterocycles. The Bertz CT molecular complexity index is 1340. The summed E-state index contributed by atoms with van der Waals surface area (Å²) in [7, 11) is 0. The predicted octanol–water partition coefficient (Wildman–Crippen LogP) is 4.60. The smallest absolute Gasteiger partial charge is 0.141 e. The van der Waals surface area contributed by atoms with Crippen molar-refractivity contribution in [2.45, 2.75) is 13.1 Å². The number of fused-ring (bicyclic) bond motifs is 1. The van der Waals surface area contributed by atoms with Crippen molar-refractivity contribution in [3.8, 4) is 6.07 Å². The van der Waals surface area contributed by atoms with E-state index in [1.165, 1.54) is 18.3 Å². The van der Waals surface area contributed by atoms with Crippen LogP contribution >= 0.6 is 27.5 Å². The molecule has 4 rings (SSSR count). The molecule has 4 aromatic rings. The summed E-state index contributed by atoms with van der Waals surface area (Å²) in [6.45, 7) is 0.766. The molecule has 8 nitrogen and oxygen atoms in total. The van der Waals surface area contributed by atoms with Crippen LogP contribution in [0.1, 0.15) is 11.3 Å². The number of aliphatic hydroxyl groups is 1. The highest BCUT2D eigenvalue weighted by Gasteiger charge is 2.14. The lowest BCUT2D eigenvalue weighted by molar-refractivity contribution is 0.268. The summed E-state index contributed by atoms with van der Waals surface area (Å²) in [6, 6.07) is 10.1. The topological polar surface area (TPSA) is 112 Å². The highest BCUT2D eigenvalue weighted by Crippen LogP contribution is 2.35. The molecule has 162 valence electrons. The summed E-state index contributed by atoms with van der Waals surface area (Å²) in [5.41, 5.74) is 3.51. The van der Waals surface area contributed by atoms with Crippen LogP contribution in [0.3, 0.4) is 0 Å². The fourth-order valence-corrected chi connectivity index (χ4v) is 3.87. The molecule has 2 aromatic heterocycles. The molecule has 0 bridgehead atoms. The molecule has 0 fully saturated rings. The second-order valence-electron chi connectivity index (χ2n) is 6.82. The maximum atomic E-state index is 13.6. The first kappa shape index (κ1) is 22.0.